The minimum atomic E-state index is -1.49. The van der Waals surface area contributed by atoms with E-state index >= 15 is 0 Å². The monoisotopic (exact) mass is 381 g/mol. The average molecular weight is 382 g/mol. The van der Waals surface area contributed by atoms with Crippen molar-refractivity contribution in [1.82, 2.24) is 15.3 Å². The van der Waals surface area contributed by atoms with Gasteiger partial charge in [0, 0.05) is 5.92 Å². The van der Waals surface area contributed by atoms with Crippen molar-refractivity contribution < 1.29 is 23.8 Å². The lowest BCUT2D eigenvalue weighted by atomic mass is 10.1. The van der Waals surface area contributed by atoms with Gasteiger partial charge in [0.15, 0.2) is 17.6 Å². The van der Waals surface area contributed by atoms with Gasteiger partial charge in [0.2, 0.25) is 0 Å². The fourth-order valence-corrected chi connectivity index (χ4v) is 2.34. The normalized spacial score (nSPS) is 11.9. The fourth-order valence-electron chi connectivity index (χ4n) is 2.17. The number of carboxylic acids is 1. The van der Waals surface area contributed by atoms with Crippen LogP contribution in [0.4, 0.5) is 4.39 Å². The minimum Gasteiger partial charge on any atom is -0.494 e. The third kappa shape index (κ3) is 4.26. The summed E-state index contributed by atoms with van der Waals surface area (Å²) in [5.74, 6) is -2.61. The number of nitrogens with one attached hydrogen (secondary N) is 1. The Kier molecular flexibility index (Phi) is 6.10. The summed E-state index contributed by atoms with van der Waals surface area (Å²) in [4.78, 5) is 32.1. The number of amides is 1. The van der Waals surface area contributed by atoms with E-state index in [9.17, 15) is 19.1 Å². The number of hydrogen-bond acceptors (Lipinski definition) is 5. The summed E-state index contributed by atoms with van der Waals surface area (Å²) in [6, 6.07) is 2.12. The third-order valence-corrected chi connectivity index (χ3v) is 3.80. The lowest BCUT2D eigenvalue weighted by molar-refractivity contribution is -0.139. The van der Waals surface area contributed by atoms with Gasteiger partial charge in [-0.15, -0.1) is 0 Å². The highest BCUT2D eigenvalue weighted by Crippen LogP contribution is 2.23. The average Bonchev–Trinajstić information content (AvgIpc) is 2.59. The minimum absolute atomic E-state index is 0.0167. The predicted molar refractivity (Wildman–Crippen MR) is 91.9 cm³/mol. The zero-order chi connectivity index (χ0) is 19.4. The van der Waals surface area contributed by atoms with Crippen molar-refractivity contribution in [2.24, 2.45) is 0 Å². The van der Waals surface area contributed by atoms with Gasteiger partial charge in [0.05, 0.1) is 18.3 Å². The van der Waals surface area contributed by atoms with Crippen LogP contribution in [0.25, 0.3) is 0 Å². The van der Waals surface area contributed by atoms with Crippen LogP contribution in [0.15, 0.2) is 24.4 Å². The van der Waals surface area contributed by atoms with E-state index < -0.39 is 23.7 Å². The molecule has 9 heteroatoms. The molecule has 1 aromatic carbocycles. The second-order valence-electron chi connectivity index (χ2n) is 5.72. The number of carboxylic acid groups (broad SMARTS) is 1. The molecule has 0 radical (unpaired) electrons. The predicted octanol–water partition coefficient (Wildman–Crippen LogP) is 2.96. The van der Waals surface area contributed by atoms with Crippen LogP contribution < -0.4 is 10.1 Å². The van der Waals surface area contributed by atoms with Crippen LogP contribution in [0.3, 0.4) is 0 Å². The molecule has 0 spiro atoms. The fraction of sp³-hybridized carbons (Fsp3) is 0.294. The number of carbonyl (C=O) groups is 2. The molecule has 0 bridgehead atoms. The standard InChI is InChI=1S/C17H17ClFN3O4/c1-8(2)15-20-7-10(18)14(21-15)16(23)22-13(17(24)25)9-4-5-12(26-3)11(19)6-9/h4-8,13H,1-3H3,(H,22,23)(H,24,25). The van der Waals surface area contributed by atoms with Gasteiger partial charge in [-0.3, -0.25) is 4.79 Å². The Morgan fingerprint density at radius 3 is 2.58 bits per heavy atom. The Bertz CT molecular complexity index is 845. The second kappa shape index (κ2) is 8.09. The van der Waals surface area contributed by atoms with Gasteiger partial charge in [-0.05, 0) is 17.7 Å². The van der Waals surface area contributed by atoms with Crippen molar-refractivity contribution in [1.29, 1.82) is 0 Å². The molecule has 0 aliphatic heterocycles. The molecule has 2 aromatic rings. The van der Waals surface area contributed by atoms with Gasteiger partial charge < -0.3 is 15.2 Å². The first-order valence-corrected chi connectivity index (χ1v) is 8.02. The summed E-state index contributed by atoms with van der Waals surface area (Å²) >= 11 is 5.96. The number of hydrogen-bond donors (Lipinski definition) is 2. The number of nitrogens with zero attached hydrogens (tertiary/aromatic N) is 2. The highest BCUT2D eigenvalue weighted by molar-refractivity contribution is 6.33. The van der Waals surface area contributed by atoms with Gasteiger partial charge in [0.1, 0.15) is 11.5 Å². The highest BCUT2D eigenvalue weighted by Gasteiger charge is 2.26. The van der Waals surface area contributed by atoms with Crippen molar-refractivity contribution in [3.63, 3.8) is 0 Å². The third-order valence-electron chi connectivity index (χ3n) is 3.53. The van der Waals surface area contributed by atoms with Crippen LogP contribution in [0.5, 0.6) is 5.75 Å². The molecule has 1 heterocycles. The quantitative estimate of drug-likeness (QED) is 0.797. The van der Waals surface area contributed by atoms with Crippen LogP contribution >= 0.6 is 11.6 Å². The summed E-state index contributed by atoms with van der Waals surface area (Å²) in [5, 5.41) is 11.7. The van der Waals surface area contributed by atoms with E-state index in [0.717, 1.165) is 6.07 Å². The molecule has 0 fully saturated rings. The van der Waals surface area contributed by atoms with E-state index in [1.165, 1.54) is 25.4 Å². The maximum absolute atomic E-state index is 13.9. The van der Waals surface area contributed by atoms with Crippen LogP contribution in [0.2, 0.25) is 5.02 Å². The van der Waals surface area contributed by atoms with Crippen LogP contribution in [-0.2, 0) is 4.79 Å². The number of rotatable bonds is 6. The highest BCUT2D eigenvalue weighted by atomic mass is 35.5. The Hall–Kier alpha value is -2.74. The number of methoxy groups -OCH3 is 1. The lowest BCUT2D eigenvalue weighted by Gasteiger charge is -2.16. The van der Waals surface area contributed by atoms with E-state index in [4.69, 9.17) is 16.3 Å². The number of aromatic nitrogens is 2. The van der Waals surface area contributed by atoms with Crippen molar-refractivity contribution >= 4 is 23.5 Å². The molecule has 0 saturated carbocycles. The number of carbonyl (C=O) groups excluding carboxylic acids is 1. The number of benzene rings is 1. The molecule has 7 nitrogen and oxygen atoms in total. The van der Waals surface area contributed by atoms with E-state index in [1.54, 1.807) is 0 Å². The summed E-state index contributed by atoms with van der Waals surface area (Å²) in [6.07, 6.45) is 1.28. The largest absolute Gasteiger partial charge is 0.494 e. The zero-order valence-corrected chi connectivity index (χ0v) is 15.0. The SMILES string of the molecule is COc1ccc(C(NC(=O)c2nc(C(C)C)ncc2Cl)C(=O)O)cc1F. The molecule has 1 aromatic heterocycles. The van der Waals surface area contributed by atoms with Gasteiger partial charge in [-0.1, -0.05) is 31.5 Å². The zero-order valence-electron chi connectivity index (χ0n) is 14.3. The van der Waals surface area contributed by atoms with Gasteiger partial charge in [-0.25, -0.2) is 19.2 Å². The van der Waals surface area contributed by atoms with Gasteiger partial charge in [0.25, 0.3) is 5.91 Å². The van der Waals surface area contributed by atoms with Crippen molar-refractivity contribution in [3.8, 4) is 5.75 Å². The Balaban J connectivity index is 2.33. The molecule has 1 atom stereocenters. The lowest BCUT2D eigenvalue weighted by Crippen LogP contribution is -2.34. The Morgan fingerprint density at radius 1 is 1.35 bits per heavy atom. The van der Waals surface area contributed by atoms with Crippen molar-refractivity contribution in [2.45, 2.75) is 25.8 Å². The summed E-state index contributed by atoms with van der Waals surface area (Å²) in [6.45, 7) is 3.68. The first kappa shape index (κ1) is 19.6. The summed E-state index contributed by atoms with van der Waals surface area (Å²) in [7, 11) is 1.29. The first-order chi connectivity index (χ1) is 12.2. The van der Waals surface area contributed by atoms with Crippen molar-refractivity contribution in [2.75, 3.05) is 7.11 Å². The summed E-state index contributed by atoms with van der Waals surface area (Å²) < 4.78 is 18.7. The van der Waals surface area contributed by atoms with E-state index in [1.807, 2.05) is 13.8 Å². The second-order valence-corrected chi connectivity index (χ2v) is 6.13. The molecule has 138 valence electrons. The molecule has 1 amide bonds. The molecule has 1 unspecified atom stereocenters. The molecule has 0 aliphatic carbocycles. The number of aliphatic carboxylic acids is 1. The number of halogens is 2. The Labute approximate surface area is 154 Å². The van der Waals surface area contributed by atoms with Gasteiger partial charge >= 0.3 is 5.97 Å². The topological polar surface area (TPSA) is 101 Å². The molecule has 2 N–H and O–H groups in total. The Morgan fingerprint density at radius 2 is 2.04 bits per heavy atom. The van der Waals surface area contributed by atoms with Crippen LogP contribution in [0.1, 0.15) is 47.7 Å². The summed E-state index contributed by atoms with van der Waals surface area (Å²) in [5.41, 5.74) is -0.107. The number of ether oxygens (including phenoxy) is 1. The first-order valence-electron chi connectivity index (χ1n) is 7.64. The van der Waals surface area contributed by atoms with Crippen LogP contribution in [-0.4, -0.2) is 34.1 Å². The molecule has 0 saturated heterocycles. The maximum atomic E-state index is 13.9. The molecular formula is C17H17ClFN3O4. The smallest absolute Gasteiger partial charge is 0.330 e. The van der Waals surface area contributed by atoms with Crippen molar-refractivity contribution in [3.05, 3.63) is 52.3 Å². The maximum Gasteiger partial charge on any atom is 0.330 e. The van der Waals surface area contributed by atoms with Gasteiger partial charge in [-0.2, -0.15) is 0 Å². The van der Waals surface area contributed by atoms with E-state index in [2.05, 4.69) is 15.3 Å². The molecule has 0 aliphatic rings. The molecular weight excluding hydrogens is 365 g/mol. The molecule has 2 rings (SSSR count). The van der Waals surface area contributed by atoms with E-state index in [0.29, 0.717) is 5.82 Å². The van der Waals surface area contributed by atoms with Crippen LogP contribution in [0, 0.1) is 5.82 Å². The molecule has 26 heavy (non-hydrogen) atoms. The van der Waals surface area contributed by atoms with E-state index in [-0.39, 0.29) is 27.9 Å².